The molecule has 25 heavy (non-hydrogen) atoms. The van der Waals surface area contributed by atoms with Crippen LogP contribution in [0.2, 0.25) is 0 Å². The minimum absolute atomic E-state index is 0.0665. The normalized spacial score (nSPS) is 15.2. The van der Waals surface area contributed by atoms with Crippen molar-refractivity contribution in [2.24, 2.45) is 0 Å². The van der Waals surface area contributed by atoms with Gasteiger partial charge in [-0.15, -0.1) is 0 Å². The lowest BCUT2D eigenvalue weighted by Gasteiger charge is -2.14. The highest BCUT2D eigenvalue weighted by atomic mass is 16.5. The molecule has 1 amide bonds. The highest BCUT2D eigenvalue weighted by molar-refractivity contribution is 5.93. The lowest BCUT2D eigenvalue weighted by Crippen LogP contribution is -2.20. The third-order valence-corrected chi connectivity index (χ3v) is 3.96. The Bertz CT molecular complexity index is 755. The predicted octanol–water partition coefficient (Wildman–Crippen LogP) is 3.73. The van der Waals surface area contributed by atoms with Gasteiger partial charge in [0, 0.05) is 18.1 Å². The van der Waals surface area contributed by atoms with Crippen LogP contribution in [0, 0.1) is 6.92 Å². The zero-order valence-electron chi connectivity index (χ0n) is 14.8. The molecule has 5 nitrogen and oxygen atoms in total. The first-order chi connectivity index (χ1) is 12.0. The van der Waals surface area contributed by atoms with Gasteiger partial charge in [0.05, 0.1) is 12.3 Å². The smallest absolute Gasteiger partial charge is 0.262 e. The van der Waals surface area contributed by atoms with Crippen LogP contribution in [0.4, 0.5) is 5.69 Å². The van der Waals surface area contributed by atoms with E-state index in [2.05, 4.69) is 5.32 Å². The number of carbonyl (C=O) groups is 1. The summed E-state index contributed by atoms with van der Waals surface area (Å²) in [5.74, 6) is 1.87. The van der Waals surface area contributed by atoms with E-state index in [0.29, 0.717) is 23.8 Å². The van der Waals surface area contributed by atoms with Crippen LogP contribution in [0.5, 0.6) is 17.2 Å². The van der Waals surface area contributed by atoms with Crippen molar-refractivity contribution in [3.05, 3.63) is 47.5 Å². The third-order valence-electron chi connectivity index (χ3n) is 3.96. The van der Waals surface area contributed by atoms with Gasteiger partial charge in [0.15, 0.2) is 6.61 Å². The number of fused-ring (bicyclic) bond motifs is 1. The molecule has 0 radical (unpaired) electrons. The molecule has 5 heteroatoms. The van der Waals surface area contributed by atoms with Crippen LogP contribution in [0.1, 0.15) is 25.0 Å². The fraction of sp³-hybridized carbons (Fsp3) is 0.350. The minimum atomic E-state index is -0.243. The monoisotopic (exact) mass is 341 g/mol. The Morgan fingerprint density at radius 3 is 2.72 bits per heavy atom. The van der Waals surface area contributed by atoms with Crippen LogP contribution in [0.15, 0.2) is 36.4 Å². The van der Waals surface area contributed by atoms with E-state index in [4.69, 9.17) is 14.2 Å². The minimum Gasteiger partial charge on any atom is -0.492 e. The highest BCUT2D eigenvalue weighted by Gasteiger charge is 2.22. The summed E-state index contributed by atoms with van der Waals surface area (Å²) >= 11 is 0. The van der Waals surface area contributed by atoms with Gasteiger partial charge in [0.1, 0.15) is 23.4 Å². The average molecular weight is 341 g/mol. The van der Waals surface area contributed by atoms with Crippen LogP contribution in [-0.4, -0.2) is 25.2 Å². The van der Waals surface area contributed by atoms with Crippen molar-refractivity contribution in [1.29, 1.82) is 0 Å². The van der Waals surface area contributed by atoms with Crippen LogP contribution >= 0.6 is 0 Å². The fourth-order valence-electron chi connectivity index (χ4n) is 2.78. The molecule has 0 fully saturated rings. The van der Waals surface area contributed by atoms with Gasteiger partial charge in [-0.3, -0.25) is 4.79 Å². The predicted molar refractivity (Wildman–Crippen MR) is 96.7 cm³/mol. The molecule has 0 saturated heterocycles. The number of rotatable bonds is 6. The maximum Gasteiger partial charge on any atom is 0.262 e. The lowest BCUT2D eigenvalue weighted by molar-refractivity contribution is -0.118. The van der Waals surface area contributed by atoms with Crippen LogP contribution in [-0.2, 0) is 11.2 Å². The van der Waals surface area contributed by atoms with E-state index in [-0.39, 0.29) is 18.6 Å². The Hall–Kier alpha value is -2.69. The topological polar surface area (TPSA) is 56.8 Å². The molecule has 2 aromatic carbocycles. The number of hydrogen-bond donors (Lipinski definition) is 1. The summed E-state index contributed by atoms with van der Waals surface area (Å²) in [7, 11) is 0. The van der Waals surface area contributed by atoms with Gasteiger partial charge in [-0.1, -0.05) is 17.7 Å². The number of carbonyl (C=O) groups excluding carboxylic acids is 1. The van der Waals surface area contributed by atoms with Crippen LogP contribution < -0.4 is 19.5 Å². The summed E-state index contributed by atoms with van der Waals surface area (Å²) in [6.45, 7) is 6.40. The summed E-state index contributed by atoms with van der Waals surface area (Å²) in [6.07, 6.45) is 0.987. The van der Waals surface area contributed by atoms with E-state index in [1.807, 2.05) is 57.2 Å². The SMILES string of the molecule is CCOc1cc2c(cc1NC(=O)COc1ccc(C)cc1)O[C@H](C)C2. The van der Waals surface area contributed by atoms with Crippen LogP contribution in [0.3, 0.4) is 0 Å². The molecule has 1 heterocycles. The summed E-state index contributed by atoms with van der Waals surface area (Å²) in [6, 6.07) is 11.4. The van der Waals surface area contributed by atoms with Crippen molar-refractivity contribution in [3.63, 3.8) is 0 Å². The standard InChI is InChI=1S/C20H23NO4/c1-4-23-19-10-15-9-14(3)25-18(15)11-17(19)21-20(22)12-24-16-7-5-13(2)6-8-16/h5-8,10-11,14H,4,9,12H2,1-3H3,(H,21,22)/t14-/m1/s1. The van der Waals surface area contributed by atoms with E-state index >= 15 is 0 Å². The molecule has 3 rings (SSSR count). The number of benzene rings is 2. The summed E-state index contributed by atoms with van der Waals surface area (Å²) < 4.78 is 16.9. The van der Waals surface area contributed by atoms with Gasteiger partial charge in [-0.05, 0) is 39.0 Å². The molecule has 0 bridgehead atoms. The van der Waals surface area contributed by atoms with Gasteiger partial charge in [0.25, 0.3) is 5.91 Å². The first-order valence-electron chi connectivity index (χ1n) is 8.51. The van der Waals surface area contributed by atoms with Crippen molar-refractivity contribution < 1.29 is 19.0 Å². The summed E-state index contributed by atoms with van der Waals surface area (Å²) in [5.41, 5.74) is 2.85. The van der Waals surface area contributed by atoms with E-state index in [1.165, 1.54) is 0 Å². The Morgan fingerprint density at radius 1 is 1.24 bits per heavy atom. The zero-order chi connectivity index (χ0) is 17.8. The molecule has 0 unspecified atom stereocenters. The Labute approximate surface area is 147 Å². The van der Waals surface area contributed by atoms with Crippen molar-refractivity contribution in [2.45, 2.75) is 33.3 Å². The number of hydrogen-bond acceptors (Lipinski definition) is 4. The molecule has 132 valence electrons. The summed E-state index contributed by atoms with van der Waals surface area (Å²) in [5, 5.41) is 2.85. The van der Waals surface area contributed by atoms with E-state index in [1.54, 1.807) is 0 Å². The van der Waals surface area contributed by atoms with E-state index in [9.17, 15) is 4.79 Å². The number of nitrogens with one attached hydrogen (secondary N) is 1. The molecular formula is C20H23NO4. The van der Waals surface area contributed by atoms with E-state index < -0.39 is 0 Å². The second kappa shape index (κ2) is 7.47. The maximum atomic E-state index is 12.2. The molecule has 1 aliphatic heterocycles. The van der Waals surface area contributed by atoms with Crippen LogP contribution in [0.25, 0.3) is 0 Å². The Balaban J connectivity index is 1.67. The van der Waals surface area contributed by atoms with Crippen molar-refractivity contribution in [2.75, 3.05) is 18.5 Å². The number of aryl methyl sites for hydroxylation is 1. The maximum absolute atomic E-state index is 12.2. The highest BCUT2D eigenvalue weighted by Crippen LogP contribution is 2.38. The molecule has 0 saturated carbocycles. The first-order valence-corrected chi connectivity index (χ1v) is 8.51. The second-order valence-corrected chi connectivity index (χ2v) is 6.17. The largest absolute Gasteiger partial charge is 0.492 e. The third kappa shape index (κ3) is 4.24. The quantitative estimate of drug-likeness (QED) is 0.870. The number of amides is 1. The molecule has 0 aromatic heterocycles. The molecule has 2 aromatic rings. The van der Waals surface area contributed by atoms with Crippen molar-refractivity contribution >= 4 is 11.6 Å². The molecule has 0 spiro atoms. The summed E-state index contributed by atoms with van der Waals surface area (Å²) in [4.78, 5) is 12.2. The first kappa shape index (κ1) is 17.1. The Morgan fingerprint density at radius 2 is 2.00 bits per heavy atom. The lowest BCUT2D eigenvalue weighted by atomic mass is 10.1. The number of ether oxygens (including phenoxy) is 3. The molecular weight excluding hydrogens is 318 g/mol. The average Bonchev–Trinajstić information content (AvgIpc) is 2.94. The number of anilines is 1. The van der Waals surface area contributed by atoms with Gasteiger partial charge < -0.3 is 19.5 Å². The second-order valence-electron chi connectivity index (χ2n) is 6.17. The van der Waals surface area contributed by atoms with Crippen molar-refractivity contribution in [3.8, 4) is 17.2 Å². The molecule has 0 aliphatic carbocycles. The molecule has 1 N–H and O–H groups in total. The van der Waals surface area contributed by atoms with Gasteiger partial charge in [-0.25, -0.2) is 0 Å². The zero-order valence-corrected chi connectivity index (χ0v) is 14.8. The fourth-order valence-corrected chi connectivity index (χ4v) is 2.78. The van der Waals surface area contributed by atoms with Gasteiger partial charge in [-0.2, -0.15) is 0 Å². The molecule has 1 aliphatic rings. The van der Waals surface area contributed by atoms with E-state index in [0.717, 1.165) is 23.3 Å². The Kier molecular flexibility index (Phi) is 5.12. The van der Waals surface area contributed by atoms with Gasteiger partial charge in [0.2, 0.25) is 0 Å². The van der Waals surface area contributed by atoms with Crippen molar-refractivity contribution in [1.82, 2.24) is 0 Å². The molecule has 1 atom stereocenters. The van der Waals surface area contributed by atoms with Gasteiger partial charge >= 0.3 is 0 Å².